The predicted molar refractivity (Wildman–Crippen MR) is 79.5 cm³/mol. The van der Waals surface area contributed by atoms with Crippen molar-refractivity contribution in [2.75, 3.05) is 6.54 Å². The van der Waals surface area contributed by atoms with Crippen LogP contribution in [-0.4, -0.2) is 24.4 Å². The number of amides is 2. The summed E-state index contributed by atoms with van der Waals surface area (Å²) in [7, 11) is 0. The van der Waals surface area contributed by atoms with Gasteiger partial charge in [-0.05, 0) is 31.6 Å². The average Bonchev–Trinajstić information content (AvgIpc) is 2.38. The molecule has 1 aromatic carbocycles. The summed E-state index contributed by atoms with van der Waals surface area (Å²) in [6.45, 7) is 4.03. The number of hydrogen-bond donors (Lipinski definition) is 2. The number of carbonyl (C=O) groups is 2. The van der Waals surface area contributed by atoms with E-state index in [2.05, 4.69) is 26.6 Å². The van der Waals surface area contributed by atoms with Crippen molar-refractivity contribution in [2.24, 2.45) is 0 Å². The molecule has 0 aliphatic carbocycles. The zero-order valence-electron chi connectivity index (χ0n) is 10.9. The van der Waals surface area contributed by atoms with E-state index >= 15 is 0 Å². The predicted octanol–water partition coefficient (Wildman–Crippen LogP) is 2.10. The zero-order valence-corrected chi connectivity index (χ0v) is 12.5. The van der Waals surface area contributed by atoms with Gasteiger partial charge in [-0.25, -0.2) is 0 Å². The quantitative estimate of drug-likeness (QED) is 0.815. The fourth-order valence-electron chi connectivity index (χ4n) is 1.43. The van der Waals surface area contributed by atoms with Gasteiger partial charge in [0.05, 0.1) is 0 Å². The number of benzene rings is 1. The molecule has 0 spiro atoms. The van der Waals surface area contributed by atoms with Gasteiger partial charge in [-0.15, -0.1) is 0 Å². The Morgan fingerprint density at radius 2 is 2.05 bits per heavy atom. The van der Waals surface area contributed by atoms with Gasteiger partial charge < -0.3 is 10.6 Å². The summed E-state index contributed by atoms with van der Waals surface area (Å²) in [5, 5.41) is 5.25. The molecular weight excluding hydrogens is 308 g/mol. The summed E-state index contributed by atoms with van der Waals surface area (Å²) in [6.07, 6.45) is 3.11. The molecule has 19 heavy (non-hydrogen) atoms. The Bertz CT molecular complexity index is 486. The molecule has 0 heterocycles. The molecule has 0 aliphatic rings. The molecule has 0 aromatic heterocycles. The maximum Gasteiger partial charge on any atom is 0.244 e. The van der Waals surface area contributed by atoms with E-state index in [9.17, 15) is 9.59 Å². The van der Waals surface area contributed by atoms with Crippen molar-refractivity contribution < 1.29 is 9.59 Å². The average molecular weight is 325 g/mol. The third-order valence-corrected chi connectivity index (χ3v) is 3.14. The first-order chi connectivity index (χ1) is 9.04. The maximum atomic E-state index is 11.7. The van der Waals surface area contributed by atoms with Crippen LogP contribution in [0.15, 0.2) is 34.8 Å². The number of hydrogen-bond acceptors (Lipinski definition) is 2. The third kappa shape index (κ3) is 5.26. The van der Waals surface area contributed by atoms with E-state index in [1.807, 2.05) is 31.2 Å². The van der Waals surface area contributed by atoms with Crippen LogP contribution in [0.2, 0.25) is 0 Å². The van der Waals surface area contributed by atoms with E-state index in [-0.39, 0.29) is 11.8 Å². The highest BCUT2D eigenvalue weighted by Crippen LogP contribution is 2.16. The van der Waals surface area contributed by atoms with Gasteiger partial charge in [-0.3, -0.25) is 9.59 Å². The minimum absolute atomic E-state index is 0.190. The minimum atomic E-state index is -0.545. The molecule has 0 fully saturated rings. The van der Waals surface area contributed by atoms with Crippen molar-refractivity contribution in [1.82, 2.24) is 10.6 Å². The highest BCUT2D eigenvalue weighted by atomic mass is 79.9. The fourth-order valence-corrected chi connectivity index (χ4v) is 1.85. The summed E-state index contributed by atoms with van der Waals surface area (Å²) in [5.74, 6) is -0.486. The van der Waals surface area contributed by atoms with Crippen LogP contribution >= 0.6 is 15.9 Å². The normalized spacial score (nSPS) is 12.2. The Balaban J connectivity index is 2.56. The van der Waals surface area contributed by atoms with E-state index in [4.69, 9.17) is 0 Å². The topological polar surface area (TPSA) is 58.2 Å². The first-order valence-corrected chi connectivity index (χ1v) is 6.84. The monoisotopic (exact) mass is 324 g/mol. The molecule has 5 heteroatoms. The second kappa shape index (κ2) is 7.74. The van der Waals surface area contributed by atoms with E-state index in [1.54, 1.807) is 13.0 Å². The van der Waals surface area contributed by atoms with Gasteiger partial charge in [-0.2, -0.15) is 0 Å². The van der Waals surface area contributed by atoms with Gasteiger partial charge in [0, 0.05) is 17.1 Å². The van der Waals surface area contributed by atoms with E-state index in [0.29, 0.717) is 6.54 Å². The molecule has 0 saturated heterocycles. The highest BCUT2D eigenvalue weighted by Gasteiger charge is 2.12. The molecule has 0 radical (unpaired) electrons. The van der Waals surface area contributed by atoms with Gasteiger partial charge in [0.25, 0.3) is 0 Å². The highest BCUT2D eigenvalue weighted by molar-refractivity contribution is 9.10. The van der Waals surface area contributed by atoms with Crippen LogP contribution in [0.4, 0.5) is 0 Å². The van der Waals surface area contributed by atoms with Crippen LogP contribution in [0.5, 0.6) is 0 Å². The minimum Gasteiger partial charge on any atom is -0.355 e. The molecule has 0 unspecified atom stereocenters. The van der Waals surface area contributed by atoms with Crippen LogP contribution < -0.4 is 10.6 Å². The molecule has 0 bridgehead atoms. The maximum absolute atomic E-state index is 11.7. The smallest absolute Gasteiger partial charge is 0.244 e. The fraction of sp³-hybridized carbons (Fsp3) is 0.286. The standard InChI is InChI=1S/C14H17BrN2O2/c1-3-16-14(19)10(2)17-13(18)9-8-11-6-4-5-7-12(11)15/h4-10H,3H2,1-2H3,(H,16,19)(H,17,18)/b9-8+/t10-/m1/s1. The number of likely N-dealkylation sites (N-methyl/N-ethyl adjacent to an activating group) is 1. The summed E-state index contributed by atoms with van der Waals surface area (Å²) >= 11 is 3.39. The van der Waals surface area contributed by atoms with Crippen LogP contribution in [0.1, 0.15) is 19.4 Å². The lowest BCUT2D eigenvalue weighted by molar-refractivity contribution is -0.126. The number of rotatable bonds is 5. The molecule has 0 saturated carbocycles. The van der Waals surface area contributed by atoms with Gasteiger partial charge >= 0.3 is 0 Å². The van der Waals surface area contributed by atoms with Gasteiger partial charge in [0.1, 0.15) is 6.04 Å². The van der Waals surface area contributed by atoms with Crippen molar-refractivity contribution in [2.45, 2.75) is 19.9 Å². The van der Waals surface area contributed by atoms with Crippen LogP contribution in [-0.2, 0) is 9.59 Å². The molecule has 2 amide bonds. The van der Waals surface area contributed by atoms with Crippen molar-refractivity contribution in [1.29, 1.82) is 0 Å². The number of carbonyl (C=O) groups excluding carboxylic acids is 2. The van der Waals surface area contributed by atoms with Gasteiger partial charge in [0.15, 0.2) is 0 Å². The zero-order chi connectivity index (χ0) is 14.3. The van der Waals surface area contributed by atoms with E-state index in [1.165, 1.54) is 6.08 Å². The SMILES string of the molecule is CCNC(=O)[C@@H](C)NC(=O)/C=C/c1ccccc1Br. The summed E-state index contributed by atoms with van der Waals surface area (Å²) in [4.78, 5) is 23.1. The summed E-state index contributed by atoms with van der Waals surface area (Å²) < 4.78 is 0.913. The third-order valence-electron chi connectivity index (χ3n) is 2.42. The Hall–Kier alpha value is -1.62. The molecule has 1 aromatic rings. The molecular formula is C14H17BrN2O2. The lowest BCUT2D eigenvalue weighted by atomic mass is 10.2. The molecule has 4 nitrogen and oxygen atoms in total. The van der Waals surface area contributed by atoms with Gasteiger partial charge in [-0.1, -0.05) is 34.1 Å². The first kappa shape index (κ1) is 15.4. The molecule has 0 aliphatic heterocycles. The molecule has 1 atom stereocenters. The van der Waals surface area contributed by atoms with Gasteiger partial charge in [0.2, 0.25) is 11.8 Å². The second-order valence-electron chi connectivity index (χ2n) is 3.98. The van der Waals surface area contributed by atoms with E-state index in [0.717, 1.165) is 10.0 Å². The van der Waals surface area contributed by atoms with Crippen molar-refractivity contribution in [3.8, 4) is 0 Å². The van der Waals surface area contributed by atoms with Crippen LogP contribution in [0.3, 0.4) is 0 Å². The lowest BCUT2D eigenvalue weighted by Gasteiger charge is -2.11. The lowest BCUT2D eigenvalue weighted by Crippen LogP contribution is -2.44. The number of nitrogens with one attached hydrogen (secondary N) is 2. The van der Waals surface area contributed by atoms with E-state index < -0.39 is 6.04 Å². The molecule has 102 valence electrons. The Kier molecular flexibility index (Phi) is 6.29. The Morgan fingerprint density at radius 1 is 1.37 bits per heavy atom. The molecule has 1 rings (SSSR count). The first-order valence-electron chi connectivity index (χ1n) is 6.05. The summed E-state index contributed by atoms with van der Waals surface area (Å²) in [6, 6.07) is 7.03. The van der Waals surface area contributed by atoms with Crippen molar-refractivity contribution in [3.63, 3.8) is 0 Å². The second-order valence-corrected chi connectivity index (χ2v) is 4.83. The Morgan fingerprint density at radius 3 is 2.68 bits per heavy atom. The summed E-state index contributed by atoms with van der Waals surface area (Å²) in [5.41, 5.74) is 0.906. The molecule has 2 N–H and O–H groups in total. The van der Waals surface area contributed by atoms with Crippen molar-refractivity contribution in [3.05, 3.63) is 40.4 Å². The van der Waals surface area contributed by atoms with Crippen LogP contribution in [0.25, 0.3) is 6.08 Å². The number of halogens is 1. The largest absolute Gasteiger partial charge is 0.355 e. The Labute approximate surface area is 121 Å². The van der Waals surface area contributed by atoms with Crippen molar-refractivity contribution >= 4 is 33.8 Å². The van der Waals surface area contributed by atoms with Crippen LogP contribution in [0, 0.1) is 0 Å².